The van der Waals surface area contributed by atoms with Crippen molar-refractivity contribution < 1.29 is 13.9 Å². The van der Waals surface area contributed by atoms with Gasteiger partial charge in [-0.2, -0.15) is 0 Å². The first kappa shape index (κ1) is 13.8. The minimum Gasteiger partial charge on any atom is -0.508 e. The van der Waals surface area contributed by atoms with Crippen molar-refractivity contribution in [2.24, 2.45) is 0 Å². The van der Waals surface area contributed by atoms with Crippen molar-refractivity contribution in [2.75, 3.05) is 5.32 Å². The van der Waals surface area contributed by atoms with E-state index in [1.165, 1.54) is 30.3 Å². The van der Waals surface area contributed by atoms with Gasteiger partial charge >= 0.3 is 0 Å². The molecule has 100 valence electrons. The molecule has 0 aliphatic rings. The second-order valence-corrected chi connectivity index (χ2v) is 5.05. The molecule has 0 aromatic heterocycles. The monoisotopic (exact) mass is 327 g/mol. The Bertz CT molecular complexity index is 604. The fourth-order valence-electron chi connectivity index (χ4n) is 1.79. The molecule has 0 bridgehead atoms. The molecule has 0 spiro atoms. The quantitative estimate of drug-likeness (QED) is 0.863. The summed E-state index contributed by atoms with van der Waals surface area (Å²) in [5, 5.41) is 12.8. The van der Waals surface area contributed by atoms with E-state index in [2.05, 4.69) is 21.2 Å². The van der Waals surface area contributed by atoms with E-state index in [1.54, 1.807) is 13.0 Å². The number of phenolic OH excluding ortho intramolecular Hbond substituents is 1. The Hall–Kier alpha value is -1.62. The van der Waals surface area contributed by atoms with Crippen molar-refractivity contribution in [3.63, 3.8) is 0 Å². The maximum Gasteiger partial charge on any atom is 0.124 e. The molecule has 19 heavy (non-hydrogen) atoms. The summed E-state index contributed by atoms with van der Waals surface area (Å²) in [7, 11) is 0. The smallest absolute Gasteiger partial charge is 0.124 e. The van der Waals surface area contributed by atoms with Gasteiger partial charge in [-0.25, -0.2) is 8.78 Å². The predicted octanol–water partition coefficient (Wildman–Crippen LogP) is 4.61. The van der Waals surface area contributed by atoms with Crippen LogP contribution in [0.4, 0.5) is 14.5 Å². The molecule has 1 unspecified atom stereocenters. The Labute approximate surface area is 118 Å². The maximum absolute atomic E-state index is 13.2. The van der Waals surface area contributed by atoms with Crippen LogP contribution in [0.25, 0.3) is 0 Å². The Morgan fingerprint density at radius 3 is 2.42 bits per heavy atom. The normalized spacial score (nSPS) is 12.2. The average molecular weight is 328 g/mol. The Morgan fingerprint density at radius 1 is 1.11 bits per heavy atom. The zero-order valence-corrected chi connectivity index (χ0v) is 11.7. The van der Waals surface area contributed by atoms with Gasteiger partial charge in [0.1, 0.15) is 17.4 Å². The highest BCUT2D eigenvalue weighted by Gasteiger charge is 2.13. The summed E-state index contributed by atoms with van der Waals surface area (Å²) in [6.45, 7) is 1.78. The topological polar surface area (TPSA) is 32.3 Å². The minimum atomic E-state index is -0.417. The third-order valence-corrected chi connectivity index (χ3v) is 3.42. The lowest BCUT2D eigenvalue weighted by Crippen LogP contribution is -2.07. The van der Waals surface area contributed by atoms with E-state index >= 15 is 0 Å². The SMILES string of the molecule is CC(Nc1ccc(F)cc1Br)c1cc(F)ccc1O. The van der Waals surface area contributed by atoms with Crippen LogP contribution in [0.15, 0.2) is 40.9 Å². The number of nitrogens with one attached hydrogen (secondary N) is 1. The molecule has 5 heteroatoms. The van der Waals surface area contributed by atoms with E-state index in [0.717, 1.165) is 0 Å². The summed E-state index contributed by atoms with van der Waals surface area (Å²) >= 11 is 3.24. The van der Waals surface area contributed by atoms with Gasteiger partial charge in [-0.3, -0.25) is 0 Å². The molecule has 0 saturated heterocycles. The van der Waals surface area contributed by atoms with Crippen LogP contribution < -0.4 is 5.32 Å². The number of hydrogen-bond acceptors (Lipinski definition) is 2. The Morgan fingerprint density at radius 2 is 1.74 bits per heavy atom. The first-order valence-corrected chi connectivity index (χ1v) is 6.46. The van der Waals surface area contributed by atoms with Crippen molar-refractivity contribution >= 4 is 21.6 Å². The number of hydrogen-bond donors (Lipinski definition) is 2. The molecule has 2 N–H and O–H groups in total. The second-order valence-electron chi connectivity index (χ2n) is 4.19. The van der Waals surface area contributed by atoms with Crippen molar-refractivity contribution in [3.05, 3.63) is 58.1 Å². The average Bonchev–Trinajstić information content (AvgIpc) is 2.35. The highest BCUT2D eigenvalue weighted by atomic mass is 79.9. The van der Waals surface area contributed by atoms with Gasteiger partial charge in [0.25, 0.3) is 0 Å². The van der Waals surface area contributed by atoms with Gasteiger partial charge in [-0.15, -0.1) is 0 Å². The van der Waals surface area contributed by atoms with E-state index in [9.17, 15) is 13.9 Å². The van der Waals surface area contributed by atoms with Crippen LogP contribution in [0.3, 0.4) is 0 Å². The lowest BCUT2D eigenvalue weighted by molar-refractivity contribution is 0.462. The zero-order valence-electron chi connectivity index (χ0n) is 10.1. The molecule has 0 saturated carbocycles. The zero-order chi connectivity index (χ0) is 14.0. The van der Waals surface area contributed by atoms with Gasteiger partial charge < -0.3 is 10.4 Å². The molecule has 0 aliphatic carbocycles. The summed E-state index contributed by atoms with van der Waals surface area (Å²) in [5.41, 5.74) is 1.11. The van der Waals surface area contributed by atoms with Crippen molar-refractivity contribution in [2.45, 2.75) is 13.0 Å². The standard InChI is InChI=1S/C14H12BrF2NO/c1-8(11-6-9(16)3-5-14(11)19)18-13-4-2-10(17)7-12(13)15/h2-8,18-19H,1H3. The molecule has 2 nitrogen and oxygen atoms in total. The van der Waals surface area contributed by atoms with E-state index < -0.39 is 5.82 Å². The fraction of sp³-hybridized carbons (Fsp3) is 0.143. The Kier molecular flexibility index (Phi) is 4.04. The van der Waals surface area contributed by atoms with E-state index in [0.29, 0.717) is 15.7 Å². The maximum atomic E-state index is 13.2. The van der Waals surface area contributed by atoms with Crippen molar-refractivity contribution in [1.82, 2.24) is 0 Å². The summed E-state index contributed by atoms with van der Waals surface area (Å²) in [5.74, 6) is -0.752. The third kappa shape index (κ3) is 3.23. The molecule has 2 rings (SSSR count). The van der Waals surface area contributed by atoms with Crippen LogP contribution in [0.1, 0.15) is 18.5 Å². The van der Waals surface area contributed by atoms with Crippen LogP contribution in [0, 0.1) is 11.6 Å². The number of phenols is 1. The fourth-order valence-corrected chi connectivity index (χ4v) is 2.26. The summed E-state index contributed by atoms with van der Waals surface area (Å²) in [6.07, 6.45) is 0. The predicted molar refractivity (Wildman–Crippen MR) is 74.2 cm³/mol. The molecule has 1 atom stereocenters. The van der Waals surface area contributed by atoms with Gasteiger partial charge in [0.15, 0.2) is 0 Å². The summed E-state index contributed by atoms with van der Waals surface area (Å²) in [4.78, 5) is 0. The lowest BCUT2D eigenvalue weighted by atomic mass is 10.1. The van der Waals surface area contributed by atoms with Gasteiger partial charge in [0.2, 0.25) is 0 Å². The van der Waals surface area contributed by atoms with E-state index in [1.807, 2.05) is 0 Å². The van der Waals surface area contributed by atoms with Crippen molar-refractivity contribution in [1.29, 1.82) is 0 Å². The molecule has 2 aromatic rings. The molecule has 0 amide bonds. The number of aromatic hydroxyl groups is 1. The lowest BCUT2D eigenvalue weighted by Gasteiger charge is -2.18. The molecule has 0 heterocycles. The second kappa shape index (κ2) is 5.57. The first-order chi connectivity index (χ1) is 8.97. The number of rotatable bonds is 3. The van der Waals surface area contributed by atoms with Crippen LogP contribution in [0.2, 0.25) is 0 Å². The largest absolute Gasteiger partial charge is 0.508 e. The van der Waals surface area contributed by atoms with Gasteiger partial charge in [-0.1, -0.05) is 0 Å². The van der Waals surface area contributed by atoms with Crippen molar-refractivity contribution in [3.8, 4) is 5.75 Å². The number of benzene rings is 2. The molecular formula is C14H12BrF2NO. The van der Waals surface area contributed by atoms with Crippen LogP contribution in [-0.2, 0) is 0 Å². The van der Waals surface area contributed by atoms with E-state index in [4.69, 9.17) is 0 Å². The van der Waals surface area contributed by atoms with Gasteiger partial charge in [0.05, 0.1) is 6.04 Å². The molecule has 0 aliphatic heterocycles. The number of halogens is 3. The summed E-state index contributed by atoms with van der Waals surface area (Å²) in [6, 6.07) is 7.68. The van der Waals surface area contributed by atoms with Gasteiger partial charge in [-0.05, 0) is 59.3 Å². The van der Waals surface area contributed by atoms with Gasteiger partial charge in [0, 0.05) is 15.7 Å². The highest BCUT2D eigenvalue weighted by Crippen LogP contribution is 2.30. The van der Waals surface area contributed by atoms with Crippen LogP contribution in [-0.4, -0.2) is 5.11 Å². The van der Waals surface area contributed by atoms with Crippen LogP contribution >= 0.6 is 15.9 Å². The molecule has 0 fully saturated rings. The van der Waals surface area contributed by atoms with E-state index in [-0.39, 0.29) is 17.6 Å². The summed E-state index contributed by atoms with van der Waals surface area (Å²) < 4.78 is 26.7. The molecular weight excluding hydrogens is 316 g/mol. The minimum absolute atomic E-state index is 0.0136. The highest BCUT2D eigenvalue weighted by molar-refractivity contribution is 9.10. The molecule has 0 radical (unpaired) electrons. The number of anilines is 1. The first-order valence-electron chi connectivity index (χ1n) is 5.67. The molecule has 2 aromatic carbocycles. The Balaban J connectivity index is 2.25. The van der Waals surface area contributed by atoms with Crippen LogP contribution in [0.5, 0.6) is 5.75 Å². The third-order valence-electron chi connectivity index (χ3n) is 2.76.